The van der Waals surface area contributed by atoms with E-state index in [1.807, 2.05) is 12.1 Å². The highest BCUT2D eigenvalue weighted by atomic mass is 32.1. The van der Waals surface area contributed by atoms with Crippen LogP contribution in [0.2, 0.25) is 0 Å². The lowest BCUT2D eigenvalue weighted by atomic mass is 9.93. The SMILES string of the molecule is O=c1c2c3c(sc2ncn1CCN1CCOCC1)C[C@H](NCCc1ccc(F)cc1)CC3. The summed E-state index contributed by atoms with van der Waals surface area (Å²) in [7, 11) is 0. The zero-order valence-electron chi connectivity index (χ0n) is 18.2. The number of rotatable bonds is 7. The summed E-state index contributed by atoms with van der Waals surface area (Å²) in [6, 6.07) is 7.12. The Labute approximate surface area is 191 Å². The van der Waals surface area contributed by atoms with Crippen LogP contribution in [0.3, 0.4) is 0 Å². The van der Waals surface area contributed by atoms with Gasteiger partial charge in [-0.3, -0.25) is 14.3 Å². The van der Waals surface area contributed by atoms with Crippen molar-refractivity contribution in [2.45, 2.75) is 38.3 Å². The lowest BCUT2D eigenvalue weighted by Crippen LogP contribution is -2.39. The molecule has 1 aliphatic carbocycles. The van der Waals surface area contributed by atoms with Gasteiger partial charge in [-0.1, -0.05) is 12.1 Å². The molecule has 0 radical (unpaired) electrons. The van der Waals surface area contributed by atoms with Gasteiger partial charge in [0.15, 0.2) is 0 Å². The third kappa shape index (κ3) is 4.78. The molecule has 0 amide bonds. The van der Waals surface area contributed by atoms with Gasteiger partial charge in [-0.25, -0.2) is 9.37 Å². The van der Waals surface area contributed by atoms with Crippen LogP contribution in [0.15, 0.2) is 35.4 Å². The first-order chi connectivity index (χ1) is 15.7. The molecule has 3 heterocycles. The number of aryl methyl sites for hydroxylation is 1. The van der Waals surface area contributed by atoms with Gasteiger partial charge in [0, 0.05) is 37.1 Å². The summed E-state index contributed by atoms with van der Waals surface area (Å²) in [6.45, 7) is 5.76. The molecule has 1 saturated heterocycles. The van der Waals surface area contributed by atoms with Gasteiger partial charge in [0.05, 0.1) is 24.9 Å². The summed E-state index contributed by atoms with van der Waals surface area (Å²) < 4.78 is 20.2. The van der Waals surface area contributed by atoms with Crippen molar-refractivity contribution in [3.8, 4) is 0 Å². The average molecular weight is 457 g/mol. The number of halogens is 1. The molecular formula is C24H29FN4O2S. The fourth-order valence-corrected chi connectivity index (χ4v) is 5.94. The molecule has 1 N–H and O–H groups in total. The number of nitrogens with one attached hydrogen (secondary N) is 1. The Morgan fingerprint density at radius 3 is 2.81 bits per heavy atom. The Morgan fingerprint density at radius 1 is 1.19 bits per heavy atom. The number of fused-ring (bicyclic) bond motifs is 3. The monoisotopic (exact) mass is 456 g/mol. The van der Waals surface area contributed by atoms with Gasteiger partial charge >= 0.3 is 0 Å². The van der Waals surface area contributed by atoms with Gasteiger partial charge in [0.25, 0.3) is 5.56 Å². The molecule has 1 atom stereocenters. The first kappa shape index (κ1) is 21.7. The highest BCUT2D eigenvalue weighted by Crippen LogP contribution is 2.33. The summed E-state index contributed by atoms with van der Waals surface area (Å²) in [6.07, 6.45) is 5.46. The number of thiophene rings is 1. The van der Waals surface area contributed by atoms with Crippen LogP contribution in [0.25, 0.3) is 10.2 Å². The van der Waals surface area contributed by atoms with Crippen LogP contribution in [0.1, 0.15) is 22.4 Å². The van der Waals surface area contributed by atoms with Crippen LogP contribution in [0.4, 0.5) is 4.39 Å². The first-order valence-corrected chi connectivity index (χ1v) is 12.3. The molecule has 0 unspecified atom stereocenters. The standard InChI is InChI=1S/C24H29FN4O2S/c25-18-3-1-17(2-4-18)7-8-26-19-5-6-20-21(15-19)32-23-22(20)24(30)29(16-27-23)10-9-28-11-13-31-14-12-28/h1-4,16,19,26H,5-15H2/t19-/m1/s1. The minimum Gasteiger partial charge on any atom is -0.379 e. The average Bonchev–Trinajstić information content (AvgIpc) is 3.19. The van der Waals surface area contributed by atoms with Gasteiger partial charge in [0.2, 0.25) is 0 Å². The van der Waals surface area contributed by atoms with E-state index in [0.717, 1.165) is 80.9 Å². The highest BCUT2D eigenvalue weighted by molar-refractivity contribution is 7.18. The first-order valence-electron chi connectivity index (χ1n) is 11.4. The second-order valence-electron chi connectivity index (χ2n) is 8.65. The van der Waals surface area contributed by atoms with Crippen molar-refractivity contribution >= 4 is 21.6 Å². The number of morpholine rings is 1. The third-order valence-electron chi connectivity index (χ3n) is 6.56. The van der Waals surface area contributed by atoms with Crippen molar-refractivity contribution in [1.29, 1.82) is 0 Å². The predicted octanol–water partition coefficient (Wildman–Crippen LogP) is 2.62. The van der Waals surface area contributed by atoms with E-state index in [9.17, 15) is 9.18 Å². The molecule has 8 heteroatoms. The fourth-order valence-electron chi connectivity index (χ4n) is 4.68. The lowest BCUT2D eigenvalue weighted by molar-refractivity contribution is 0.0362. The van der Waals surface area contributed by atoms with Crippen molar-refractivity contribution in [1.82, 2.24) is 19.8 Å². The Bertz CT molecular complexity index is 1120. The fraction of sp³-hybridized carbons (Fsp3) is 0.500. The number of aromatic nitrogens is 2. The molecule has 0 spiro atoms. The number of hydrogen-bond donors (Lipinski definition) is 1. The maximum Gasteiger partial charge on any atom is 0.262 e. The van der Waals surface area contributed by atoms with Crippen molar-refractivity contribution in [2.24, 2.45) is 0 Å². The molecule has 170 valence electrons. The normalized spacial score (nSPS) is 19.3. The van der Waals surface area contributed by atoms with Crippen LogP contribution in [-0.4, -0.2) is 59.9 Å². The van der Waals surface area contributed by atoms with E-state index >= 15 is 0 Å². The second kappa shape index (κ2) is 9.79. The number of benzene rings is 1. The zero-order valence-corrected chi connectivity index (χ0v) is 19.0. The zero-order chi connectivity index (χ0) is 21.9. The summed E-state index contributed by atoms with van der Waals surface area (Å²) in [5, 5.41) is 4.48. The number of ether oxygens (including phenoxy) is 1. The van der Waals surface area contributed by atoms with Crippen LogP contribution < -0.4 is 10.9 Å². The molecule has 0 saturated carbocycles. The highest BCUT2D eigenvalue weighted by Gasteiger charge is 2.25. The topological polar surface area (TPSA) is 59.4 Å². The third-order valence-corrected chi connectivity index (χ3v) is 7.72. The Kier molecular flexibility index (Phi) is 6.64. The van der Waals surface area contributed by atoms with E-state index in [-0.39, 0.29) is 11.4 Å². The molecule has 2 aromatic heterocycles. The molecule has 0 bridgehead atoms. The molecule has 1 aromatic carbocycles. The van der Waals surface area contributed by atoms with Crippen molar-refractivity contribution < 1.29 is 9.13 Å². The lowest BCUT2D eigenvalue weighted by Gasteiger charge is -2.26. The van der Waals surface area contributed by atoms with E-state index in [0.29, 0.717) is 12.6 Å². The molecule has 1 fully saturated rings. The van der Waals surface area contributed by atoms with E-state index in [4.69, 9.17) is 4.74 Å². The Morgan fingerprint density at radius 2 is 2.00 bits per heavy atom. The van der Waals surface area contributed by atoms with Gasteiger partial charge in [0.1, 0.15) is 10.6 Å². The largest absolute Gasteiger partial charge is 0.379 e. The number of nitrogens with zero attached hydrogens (tertiary/aromatic N) is 3. The molecule has 3 aromatic rings. The van der Waals surface area contributed by atoms with Crippen LogP contribution in [0, 0.1) is 5.82 Å². The van der Waals surface area contributed by atoms with Crippen molar-refractivity contribution in [2.75, 3.05) is 39.4 Å². The predicted molar refractivity (Wildman–Crippen MR) is 125 cm³/mol. The summed E-state index contributed by atoms with van der Waals surface area (Å²) in [5.74, 6) is -0.194. The summed E-state index contributed by atoms with van der Waals surface area (Å²) in [5.41, 5.74) is 2.45. The van der Waals surface area contributed by atoms with Gasteiger partial charge in [-0.2, -0.15) is 0 Å². The summed E-state index contributed by atoms with van der Waals surface area (Å²) in [4.78, 5) is 22.3. The van der Waals surface area contributed by atoms with Crippen molar-refractivity contribution in [3.63, 3.8) is 0 Å². The van der Waals surface area contributed by atoms with Gasteiger partial charge in [-0.15, -0.1) is 11.3 Å². The Hall–Kier alpha value is -2.13. The van der Waals surface area contributed by atoms with Gasteiger partial charge < -0.3 is 10.1 Å². The number of hydrogen-bond acceptors (Lipinski definition) is 6. The van der Waals surface area contributed by atoms with Crippen LogP contribution in [0.5, 0.6) is 0 Å². The molecule has 2 aliphatic rings. The quantitative estimate of drug-likeness (QED) is 0.592. The van der Waals surface area contributed by atoms with Crippen molar-refractivity contribution in [3.05, 3.63) is 62.8 Å². The molecule has 5 rings (SSSR count). The Balaban J connectivity index is 1.23. The maximum absolute atomic E-state index is 13.2. The van der Waals surface area contributed by atoms with E-state index in [2.05, 4.69) is 15.2 Å². The molecule has 32 heavy (non-hydrogen) atoms. The molecular weight excluding hydrogens is 427 g/mol. The van der Waals surface area contributed by atoms with Gasteiger partial charge in [-0.05, 0) is 55.5 Å². The van der Waals surface area contributed by atoms with E-state index in [1.165, 1.54) is 22.6 Å². The second-order valence-corrected chi connectivity index (χ2v) is 9.74. The van der Waals surface area contributed by atoms with Crippen LogP contribution in [-0.2, 0) is 30.5 Å². The van der Waals surface area contributed by atoms with E-state index < -0.39 is 0 Å². The molecule has 6 nitrogen and oxygen atoms in total. The summed E-state index contributed by atoms with van der Waals surface area (Å²) >= 11 is 1.67. The smallest absolute Gasteiger partial charge is 0.262 e. The van der Waals surface area contributed by atoms with Crippen LogP contribution >= 0.6 is 11.3 Å². The van der Waals surface area contributed by atoms with E-state index in [1.54, 1.807) is 22.2 Å². The maximum atomic E-state index is 13.2. The molecule has 1 aliphatic heterocycles. The minimum atomic E-state index is -0.194. The minimum absolute atomic E-state index is 0.100.